The van der Waals surface area contributed by atoms with Gasteiger partial charge in [0.2, 0.25) is 10.0 Å². The van der Waals surface area contributed by atoms with Crippen molar-refractivity contribution in [2.24, 2.45) is 0 Å². The van der Waals surface area contributed by atoms with E-state index in [1.54, 1.807) is 6.92 Å². The lowest BCUT2D eigenvalue weighted by atomic mass is 10.2. The normalized spacial score (nSPS) is 18.4. The molecule has 0 aliphatic carbocycles. The van der Waals surface area contributed by atoms with Crippen LogP contribution < -0.4 is 0 Å². The number of benzene rings is 1. The number of nitrogens with zero attached hydrogens (tertiary/aromatic N) is 2. The van der Waals surface area contributed by atoms with Gasteiger partial charge >= 0.3 is 0 Å². The van der Waals surface area contributed by atoms with Gasteiger partial charge in [0.1, 0.15) is 5.82 Å². The second kappa shape index (κ2) is 6.51. The first kappa shape index (κ1) is 15.9. The van der Waals surface area contributed by atoms with Crippen LogP contribution in [0.1, 0.15) is 5.56 Å². The molecule has 2 rings (SSSR count). The highest BCUT2D eigenvalue weighted by atomic mass is 79.9. The lowest BCUT2D eigenvalue weighted by molar-refractivity contribution is 0.198. The summed E-state index contributed by atoms with van der Waals surface area (Å²) in [6.45, 7) is 4.91. The molecule has 0 N–H and O–H groups in total. The Bertz CT molecular complexity index is 572. The minimum absolute atomic E-state index is 0.0754. The number of sulfonamides is 1. The summed E-state index contributed by atoms with van der Waals surface area (Å²) in [4.78, 5) is 2.28. The van der Waals surface area contributed by atoms with E-state index >= 15 is 0 Å². The van der Waals surface area contributed by atoms with E-state index in [2.05, 4.69) is 20.8 Å². The molecule has 1 aromatic carbocycles. The smallest absolute Gasteiger partial charge is 0.243 e. The number of hydrogen-bond donors (Lipinski definition) is 0. The van der Waals surface area contributed by atoms with Crippen molar-refractivity contribution in [3.8, 4) is 0 Å². The highest BCUT2D eigenvalue weighted by Gasteiger charge is 2.29. The molecule has 0 unspecified atom stereocenters. The average molecular weight is 365 g/mol. The molecular formula is C13H18BrFN2O2S. The molecule has 0 aromatic heterocycles. The first-order valence-electron chi connectivity index (χ1n) is 6.50. The Morgan fingerprint density at radius 3 is 2.50 bits per heavy atom. The van der Waals surface area contributed by atoms with Gasteiger partial charge in [0.25, 0.3) is 0 Å². The van der Waals surface area contributed by atoms with E-state index in [4.69, 9.17) is 0 Å². The van der Waals surface area contributed by atoms with E-state index in [1.807, 2.05) is 0 Å². The third-order valence-corrected chi connectivity index (χ3v) is 5.90. The summed E-state index contributed by atoms with van der Waals surface area (Å²) in [5.41, 5.74) is 0.578. The van der Waals surface area contributed by atoms with Crippen molar-refractivity contribution in [3.63, 3.8) is 0 Å². The fourth-order valence-corrected chi connectivity index (χ4v) is 4.46. The van der Waals surface area contributed by atoms with E-state index in [-0.39, 0.29) is 4.90 Å². The van der Waals surface area contributed by atoms with E-state index in [0.717, 1.165) is 17.9 Å². The van der Waals surface area contributed by atoms with Crippen molar-refractivity contribution in [1.29, 1.82) is 0 Å². The van der Waals surface area contributed by atoms with Crippen LogP contribution in [0.4, 0.5) is 4.39 Å². The minimum atomic E-state index is -3.60. The predicted molar refractivity (Wildman–Crippen MR) is 80.1 cm³/mol. The van der Waals surface area contributed by atoms with Crippen LogP contribution in [0.3, 0.4) is 0 Å². The number of alkyl halides is 1. The van der Waals surface area contributed by atoms with E-state index in [0.29, 0.717) is 31.7 Å². The fourth-order valence-electron chi connectivity index (χ4n) is 2.30. The number of hydrogen-bond acceptors (Lipinski definition) is 3. The molecular weight excluding hydrogens is 347 g/mol. The van der Waals surface area contributed by atoms with Gasteiger partial charge in [0, 0.05) is 38.1 Å². The van der Waals surface area contributed by atoms with Crippen LogP contribution in [0.25, 0.3) is 0 Å². The Hall–Kier alpha value is -0.500. The molecule has 0 atom stereocenters. The first-order valence-corrected chi connectivity index (χ1v) is 9.06. The SMILES string of the molecule is Cc1ccc(F)cc1S(=O)(=O)N1CCN(CCBr)CC1. The molecule has 0 radical (unpaired) electrons. The molecule has 1 heterocycles. The van der Waals surface area contributed by atoms with Gasteiger partial charge in [0.15, 0.2) is 0 Å². The third-order valence-electron chi connectivity index (χ3n) is 3.50. The second-order valence-electron chi connectivity index (χ2n) is 4.84. The van der Waals surface area contributed by atoms with Crippen molar-refractivity contribution in [2.75, 3.05) is 38.1 Å². The van der Waals surface area contributed by atoms with Crippen molar-refractivity contribution >= 4 is 26.0 Å². The standard InChI is InChI=1S/C13H18BrFN2O2S/c1-11-2-3-12(15)10-13(11)20(18,19)17-8-6-16(5-4-14)7-9-17/h2-3,10H,4-9H2,1H3. The molecule has 1 aliphatic heterocycles. The Labute approximate surface area is 127 Å². The van der Waals surface area contributed by atoms with Crippen molar-refractivity contribution in [2.45, 2.75) is 11.8 Å². The Morgan fingerprint density at radius 2 is 1.90 bits per heavy atom. The number of rotatable bonds is 4. The molecule has 0 bridgehead atoms. The Balaban J connectivity index is 2.18. The molecule has 20 heavy (non-hydrogen) atoms. The summed E-state index contributed by atoms with van der Waals surface area (Å²) in [5, 5.41) is 0.878. The van der Waals surface area contributed by atoms with Crippen molar-refractivity contribution in [1.82, 2.24) is 9.21 Å². The van der Waals surface area contributed by atoms with Crippen LogP contribution in [0.2, 0.25) is 0 Å². The molecule has 1 aliphatic rings. The van der Waals surface area contributed by atoms with Gasteiger partial charge in [-0.05, 0) is 24.6 Å². The van der Waals surface area contributed by atoms with Crippen LogP contribution in [0, 0.1) is 12.7 Å². The van der Waals surface area contributed by atoms with E-state index in [1.165, 1.54) is 16.4 Å². The minimum Gasteiger partial charge on any atom is -0.300 e. The molecule has 112 valence electrons. The molecule has 0 saturated carbocycles. The Kier molecular flexibility index (Phi) is 5.17. The maximum absolute atomic E-state index is 13.3. The van der Waals surface area contributed by atoms with Crippen LogP contribution in [0.15, 0.2) is 23.1 Å². The molecule has 0 amide bonds. The molecule has 4 nitrogen and oxygen atoms in total. The number of halogens is 2. The molecule has 1 fully saturated rings. The van der Waals surface area contributed by atoms with Crippen LogP contribution >= 0.6 is 15.9 Å². The topological polar surface area (TPSA) is 40.6 Å². The Morgan fingerprint density at radius 1 is 1.25 bits per heavy atom. The predicted octanol–water partition coefficient (Wildman–Crippen LogP) is 1.84. The summed E-state index contributed by atoms with van der Waals surface area (Å²) in [7, 11) is -3.60. The maximum Gasteiger partial charge on any atom is 0.243 e. The molecule has 1 saturated heterocycles. The van der Waals surface area contributed by atoms with E-state index in [9.17, 15) is 12.8 Å². The summed E-state index contributed by atoms with van der Waals surface area (Å²) >= 11 is 3.38. The summed E-state index contributed by atoms with van der Waals surface area (Å²) < 4.78 is 39.9. The van der Waals surface area contributed by atoms with Gasteiger partial charge in [-0.2, -0.15) is 4.31 Å². The first-order chi connectivity index (χ1) is 9.45. The lowest BCUT2D eigenvalue weighted by Gasteiger charge is -2.33. The van der Waals surface area contributed by atoms with Crippen molar-refractivity contribution < 1.29 is 12.8 Å². The average Bonchev–Trinajstić information content (AvgIpc) is 2.42. The zero-order chi connectivity index (χ0) is 14.8. The van der Waals surface area contributed by atoms with Crippen LogP contribution in [-0.4, -0.2) is 55.7 Å². The van der Waals surface area contributed by atoms with Gasteiger partial charge in [-0.15, -0.1) is 0 Å². The largest absolute Gasteiger partial charge is 0.300 e. The summed E-state index contributed by atoms with van der Waals surface area (Å²) in [6.07, 6.45) is 0. The van der Waals surface area contributed by atoms with E-state index < -0.39 is 15.8 Å². The van der Waals surface area contributed by atoms with Crippen LogP contribution in [0.5, 0.6) is 0 Å². The quantitative estimate of drug-likeness (QED) is 0.765. The molecule has 1 aromatic rings. The highest BCUT2D eigenvalue weighted by Crippen LogP contribution is 2.22. The van der Waals surface area contributed by atoms with Gasteiger partial charge < -0.3 is 0 Å². The zero-order valence-electron chi connectivity index (χ0n) is 11.3. The van der Waals surface area contributed by atoms with Gasteiger partial charge in [-0.1, -0.05) is 22.0 Å². The number of piperazine rings is 1. The van der Waals surface area contributed by atoms with Crippen molar-refractivity contribution in [3.05, 3.63) is 29.6 Å². The monoisotopic (exact) mass is 364 g/mol. The second-order valence-corrected chi connectivity index (χ2v) is 7.54. The summed E-state index contributed by atoms with van der Waals surface area (Å²) in [5.74, 6) is -0.521. The molecule has 0 spiro atoms. The fraction of sp³-hybridized carbons (Fsp3) is 0.538. The van der Waals surface area contributed by atoms with Gasteiger partial charge in [-0.25, -0.2) is 12.8 Å². The summed E-state index contributed by atoms with van der Waals surface area (Å²) in [6, 6.07) is 3.89. The lowest BCUT2D eigenvalue weighted by Crippen LogP contribution is -2.49. The third kappa shape index (κ3) is 3.39. The van der Waals surface area contributed by atoms with Gasteiger partial charge in [-0.3, -0.25) is 4.90 Å². The number of aryl methyl sites for hydroxylation is 1. The highest BCUT2D eigenvalue weighted by molar-refractivity contribution is 9.09. The molecule has 7 heteroatoms. The maximum atomic E-state index is 13.3. The zero-order valence-corrected chi connectivity index (χ0v) is 13.8. The van der Waals surface area contributed by atoms with Gasteiger partial charge in [0.05, 0.1) is 4.90 Å². The van der Waals surface area contributed by atoms with Crippen LogP contribution in [-0.2, 0) is 10.0 Å².